The van der Waals surface area contributed by atoms with Crippen LogP contribution in [-0.4, -0.2) is 27.0 Å². The molecule has 3 aliphatic carbocycles. The van der Waals surface area contributed by atoms with Crippen LogP contribution in [0.15, 0.2) is 254 Å². The van der Waals surface area contributed by atoms with E-state index in [1.165, 1.54) is 66.2 Å². The molecular weight excluding hydrogens is 1000 g/mol. The van der Waals surface area contributed by atoms with Gasteiger partial charge in [-0.15, -0.1) is 0 Å². The van der Waals surface area contributed by atoms with Crippen LogP contribution in [0.25, 0.3) is 60.6 Å². The highest BCUT2D eigenvalue weighted by Crippen LogP contribution is 2.50. The first kappa shape index (κ1) is 46.7. The Balaban J connectivity index is 0.808. The van der Waals surface area contributed by atoms with Crippen LogP contribution in [0.4, 0.5) is 51.2 Å². The van der Waals surface area contributed by atoms with Crippen LogP contribution in [0.2, 0.25) is 0 Å². The first-order valence-corrected chi connectivity index (χ1v) is 28.8. The molecule has 17 rings (SSSR count). The third-order valence-electron chi connectivity index (χ3n) is 18.5. The predicted molar refractivity (Wildman–Crippen MR) is 343 cm³/mol. The molecule has 3 aromatic heterocycles. The molecule has 0 bridgehead atoms. The maximum atomic E-state index is 3.83. The van der Waals surface area contributed by atoms with Crippen molar-refractivity contribution in [3.63, 3.8) is 0 Å². The lowest BCUT2D eigenvalue weighted by Gasteiger charge is -2.36. The van der Waals surface area contributed by atoms with Crippen molar-refractivity contribution in [2.75, 3.05) is 25.3 Å². The summed E-state index contributed by atoms with van der Waals surface area (Å²) < 4.78 is 0. The second-order valence-corrected chi connectivity index (χ2v) is 23.3. The van der Waals surface area contributed by atoms with E-state index in [4.69, 9.17) is 0 Å². The molecule has 394 valence electrons. The molecule has 0 radical (unpaired) electrons. The SMILES string of the molecule is CC12C=C(N(c3ccc(N(C4=CC5(C)c6ccccc6NC5C=C4)c4ccc5[nH]c6ccccc6c5c4)cc3)c3ccc(N(c4ccc5[nH]c6c(c5c4)CCC=C6)c4ccc5[nH]c6ccccc6c5c4)cc3)C=CC1Nc1ccccc12. The molecule has 4 atom stereocenters. The second kappa shape index (κ2) is 17.7. The highest BCUT2D eigenvalue weighted by molar-refractivity contribution is 6.10. The molecular formula is C74H58N8. The van der Waals surface area contributed by atoms with Crippen LogP contribution in [0.5, 0.6) is 0 Å². The van der Waals surface area contributed by atoms with Gasteiger partial charge in [-0.25, -0.2) is 0 Å². The summed E-state index contributed by atoms with van der Waals surface area (Å²) in [5.74, 6) is 0. The smallest absolute Gasteiger partial charge is 0.0578 e. The monoisotopic (exact) mass is 1060 g/mol. The number of fused-ring (bicyclic) bond motifs is 15. The lowest BCUT2D eigenvalue weighted by molar-refractivity contribution is 0.573. The number of anilines is 9. The average molecular weight is 1060 g/mol. The van der Waals surface area contributed by atoms with Crippen molar-refractivity contribution in [3.05, 3.63) is 277 Å². The van der Waals surface area contributed by atoms with Crippen LogP contribution in [-0.2, 0) is 17.3 Å². The van der Waals surface area contributed by atoms with Crippen molar-refractivity contribution in [2.45, 2.75) is 49.6 Å². The van der Waals surface area contributed by atoms with E-state index in [9.17, 15) is 0 Å². The Morgan fingerprint density at radius 2 is 0.780 bits per heavy atom. The van der Waals surface area contributed by atoms with Crippen molar-refractivity contribution >= 4 is 112 Å². The molecule has 8 heteroatoms. The first-order chi connectivity index (χ1) is 40.3. The number of H-pyrrole nitrogens is 3. The Morgan fingerprint density at radius 3 is 1.30 bits per heavy atom. The maximum absolute atomic E-state index is 3.83. The largest absolute Gasteiger partial charge is 0.377 e. The van der Waals surface area contributed by atoms with E-state index in [-0.39, 0.29) is 22.9 Å². The fourth-order valence-corrected chi connectivity index (χ4v) is 14.4. The molecule has 2 aliphatic heterocycles. The third-order valence-corrected chi connectivity index (χ3v) is 18.5. The Labute approximate surface area is 475 Å². The molecule has 0 spiro atoms. The molecule has 5 heterocycles. The molecule has 5 aliphatic rings. The summed E-state index contributed by atoms with van der Waals surface area (Å²) in [4.78, 5) is 18.3. The van der Waals surface area contributed by atoms with E-state index in [0.29, 0.717) is 0 Å². The number of rotatable bonds is 9. The number of aromatic nitrogens is 3. The Hall–Kier alpha value is -10.2. The minimum absolute atomic E-state index is 0.130. The summed E-state index contributed by atoms with van der Waals surface area (Å²) in [5, 5.41) is 13.8. The number of nitrogens with one attached hydrogen (secondary N) is 5. The standard InChI is InChI=1S/C74H58N8/c1-73-44-53(34-39-71(73)78-69-21-11-6-16-61(69)73)80(46-23-27-48(28-24-46)81(50-31-36-66-58(41-50)55-13-3-8-18-63(55)75-66)51-32-37-67-59(42-51)56-14-4-9-19-64(56)76-67)47-25-29-49(30-26-47)82(52-33-38-68-60(43-52)57-15-5-10-20-65(57)77-68)54-35-40-72-74(2,45-54)62-17-7-12-22-70(62)79-72/h3,5-13,15-45,71-72,75-79H,4,14H2,1-2H3. The fraction of sp³-hybridized carbons (Fsp3) is 0.108. The normalized spacial score (nSPS) is 20.0. The molecule has 82 heavy (non-hydrogen) atoms. The van der Waals surface area contributed by atoms with Gasteiger partial charge in [0.15, 0.2) is 0 Å². The Kier molecular flexibility index (Phi) is 10.1. The number of para-hydroxylation sites is 4. The van der Waals surface area contributed by atoms with Gasteiger partial charge in [0.1, 0.15) is 0 Å². The number of hydrogen-bond donors (Lipinski definition) is 5. The number of hydrogen-bond acceptors (Lipinski definition) is 5. The van der Waals surface area contributed by atoms with Crippen LogP contribution < -0.4 is 25.3 Å². The number of aryl methyl sites for hydroxylation is 1. The van der Waals surface area contributed by atoms with E-state index < -0.39 is 0 Å². The van der Waals surface area contributed by atoms with Gasteiger partial charge in [-0.05, 0) is 201 Å². The summed E-state index contributed by atoms with van der Waals surface area (Å²) in [6.07, 6.45) is 20.9. The molecule has 9 aromatic carbocycles. The van der Waals surface area contributed by atoms with Crippen LogP contribution in [0, 0.1) is 0 Å². The second-order valence-electron chi connectivity index (χ2n) is 23.3. The van der Waals surface area contributed by atoms with E-state index in [1.54, 1.807) is 0 Å². The zero-order valence-corrected chi connectivity index (χ0v) is 45.6. The summed E-state index contributed by atoms with van der Waals surface area (Å²) in [6, 6.07) is 74.0. The zero-order chi connectivity index (χ0) is 54.3. The van der Waals surface area contributed by atoms with Gasteiger partial charge >= 0.3 is 0 Å². The molecule has 0 saturated carbocycles. The van der Waals surface area contributed by atoms with Gasteiger partial charge in [0.25, 0.3) is 0 Å². The van der Waals surface area contributed by atoms with E-state index in [1.807, 2.05) is 0 Å². The van der Waals surface area contributed by atoms with Gasteiger partial charge < -0.3 is 40.3 Å². The predicted octanol–water partition coefficient (Wildman–Crippen LogP) is 18.6. The van der Waals surface area contributed by atoms with Crippen LogP contribution in [0.1, 0.15) is 42.7 Å². The van der Waals surface area contributed by atoms with E-state index >= 15 is 0 Å². The summed E-state index contributed by atoms with van der Waals surface area (Å²) in [6.45, 7) is 4.74. The van der Waals surface area contributed by atoms with Crippen LogP contribution in [0.3, 0.4) is 0 Å². The lowest BCUT2D eigenvalue weighted by Crippen LogP contribution is -2.36. The quantitative estimate of drug-likeness (QED) is 0.0995. The number of allylic oxidation sites excluding steroid dienone is 3. The van der Waals surface area contributed by atoms with Crippen molar-refractivity contribution in [1.82, 2.24) is 15.0 Å². The summed E-state index contributed by atoms with van der Waals surface area (Å²) >= 11 is 0. The van der Waals surface area contributed by atoms with Gasteiger partial charge in [-0.3, -0.25) is 0 Å². The van der Waals surface area contributed by atoms with Gasteiger partial charge in [-0.1, -0.05) is 91.0 Å². The Morgan fingerprint density at radius 1 is 0.378 bits per heavy atom. The summed E-state index contributed by atoms with van der Waals surface area (Å²) in [7, 11) is 0. The van der Waals surface area contributed by atoms with Gasteiger partial charge in [0.05, 0.1) is 12.1 Å². The minimum Gasteiger partial charge on any atom is -0.377 e. The molecule has 0 amide bonds. The van der Waals surface area contributed by atoms with E-state index in [2.05, 4.69) is 303 Å². The molecule has 5 N–H and O–H groups in total. The highest BCUT2D eigenvalue weighted by atomic mass is 15.2. The number of aromatic amines is 3. The van der Waals surface area contributed by atoms with E-state index in [0.717, 1.165) is 86.1 Å². The molecule has 4 unspecified atom stereocenters. The van der Waals surface area contributed by atoms with Crippen LogP contribution >= 0.6 is 0 Å². The van der Waals surface area contributed by atoms with Crippen molar-refractivity contribution in [1.29, 1.82) is 0 Å². The minimum atomic E-state index is -0.276. The average Bonchev–Trinajstić information content (AvgIpc) is 4.45. The van der Waals surface area contributed by atoms with Crippen molar-refractivity contribution in [3.8, 4) is 0 Å². The third kappa shape index (κ3) is 7.10. The topological polar surface area (TPSA) is 81.2 Å². The number of benzene rings is 9. The number of nitrogens with zero attached hydrogens (tertiary/aromatic N) is 3. The van der Waals surface area contributed by atoms with Crippen molar-refractivity contribution in [2.24, 2.45) is 0 Å². The Bertz CT molecular complexity index is 4770. The van der Waals surface area contributed by atoms with Gasteiger partial charge in [0.2, 0.25) is 0 Å². The molecule has 0 saturated heterocycles. The lowest BCUT2D eigenvalue weighted by atomic mass is 9.75. The van der Waals surface area contributed by atoms with Gasteiger partial charge in [0, 0.05) is 134 Å². The summed E-state index contributed by atoms with van der Waals surface area (Å²) in [5.41, 5.74) is 22.6. The maximum Gasteiger partial charge on any atom is 0.0578 e. The molecule has 0 fully saturated rings. The molecule has 12 aromatic rings. The fourth-order valence-electron chi connectivity index (χ4n) is 14.4. The molecule has 8 nitrogen and oxygen atoms in total. The van der Waals surface area contributed by atoms with Crippen molar-refractivity contribution < 1.29 is 0 Å². The zero-order valence-electron chi connectivity index (χ0n) is 45.6. The first-order valence-electron chi connectivity index (χ1n) is 28.8. The van der Waals surface area contributed by atoms with Gasteiger partial charge in [-0.2, -0.15) is 0 Å². The highest BCUT2D eigenvalue weighted by Gasteiger charge is 2.44.